The summed E-state index contributed by atoms with van der Waals surface area (Å²) in [6.07, 6.45) is 0. The van der Waals surface area contributed by atoms with Crippen molar-refractivity contribution in [1.29, 1.82) is 0 Å². The van der Waals surface area contributed by atoms with E-state index in [2.05, 4.69) is 15.5 Å². The maximum atomic E-state index is 12.2. The molecule has 4 N–H and O–H groups in total. The molecule has 0 spiro atoms. The van der Waals surface area contributed by atoms with Gasteiger partial charge in [-0.15, -0.1) is 0 Å². The zero-order valence-electron chi connectivity index (χ0n) is 11.5. The van der Waals surface area contributed by atoms with Crippen LogP contribution in [-0.4, -0.2) is 30.3 Å². The Morgan fingerprint density at radius 2 is 1.85 bits per heavy atom. The topological polar surface area (TPSA) is 102 Å². The third-order valence-corrected chi connectivity index (χ3v) is 2.84. The summed E-state index contributed by atoms with van der Waals surface area (Å²) in [4.78, 5) is 12.2. The van der Waals surface area contributed by atoms with E-state index in [-0.39, 0.29) is 5.91 Å². The van der Waals surface area contributed by atoms with E-state index in [4.69, 9.17) is 15.2 Å². The number of nitrogens with zero attached hydrogens (tertiary/aromatic N) is 1. The number of nitrogen functional groups attached to an aromatic ring is 1. The molecular formula is C13H16N4O3. The molecule has 1 amide bonds. The Morgan fingerprint density at radius 1 is 1.25 bits per heavy atom. The molecule has 0 bridgehead atoms. The molecule has 0 aliphatic rings. The lowest BCUT2D eigenvalue weighted by atomic mass is 10.2. The number of hydrogen-bond donors (Lipinski definition) is 3. The number of H-pyrrole nitrogens is 1. The highest BCUT2D eigenvalue weighted by Gasteiger charge is 2.14. The number of aryl methyl sites for hydroxylation is 1. The van der Waals surface area contributed by atoms with E-state index in [1.807, 2.05) is 0 Å². The number of carbonyl (C=O) groups excluding carboxylic acids is 1. The number of aromatic amines is 1. The van der Waals surface area contributed by atoms with Crippen LogP contribution in [0.1, 0.15) is 16.1 Å². The standard InChI is InChI=1S/C13H16N4O3/c1-7-11(14)12(17-16-7)15-13(18)8-4-9(19-2)6-10(5-8)20-3/h4-6H,14H2,1-3H3,(H2,15,16,17,18). The summed E-state index contributed by atoms with van der Waals surface area (Å²) in [6.45, 7) is 1.77. The van der Waals surface area contributed by atoms with Crippen molar-refractivity contribution in [2.75, 3.05) is 25.3 Å². The number of amides is 1. The summed E-state index contributed by atoms with van der Waals surface area (Å²) in [7, 11) is 3.04. The van der Waals surface area contributed by atoms with Crippen LogP contribution in [0.3, 0.4) is 0 Å². The number of aromatic nitrogens is 2. The molecule has 7 nitrogen and oxygen atoms in total. The van der Waals surface area contributed by atoms with Gasteiger partial charge in [-0.2, -0.15) is 5.10 Å². The molecule has 0 aliphatic carbocycles. The zero-order valence-corrected chi connectivity index (χ0v) is 11.5. The van der Waals surface area contributed by atoms with Crippen molar-refractivity contribution < 1.29 is 14.3 Å². The van der Waals surface area contributed by atoms with Crippen molar-refractivity contribution in [3.63, 3.8) is 0 Å². The largest absolute Gasteiger partial charge is 0.497 e. The lowest BCUT2D eigenvalue weighted by molar-refractivity contribution is 0.102. The molecule has 0 saturated carbocycles. The van der Waals surface area contributed by atoms with Crippen molar-refractivity contribution in [3.8, 4) is 11.5 Å². The van der Waals surface area contributed by atoms with Crippen LogP contribution in [-0.2, 0) is 0 Å². The smallest absolute Gasteiger partial charge is 0.257 e. The Morgan fingerprint density at radius 3 is 2.30 bits per heavy atom. The van der Waals surface area contributed by atoms with Gasteiger partial charge >= 0.3 is 0 Å². The predicted molar refractivity (Wildman–Crippen MR) is 75.2 cm³/mol. The predicted octanol–water partition coefficient (Wildman–Crippen LogP) is 1.57. The zero-order chi connectivity index (χ0) is 14.7. The van der Waals surface area contributed by atoms with E-state index in [0.29, 0.717) is 34.3 Å². The van der Waals surface area contributed by atoms with E-state index >= 15 is 0 Å². The third-order valence-electron chi connectivity index (χ3n) is 2.84. The Labute approximate surface area is 116 Å². The maximum absolute atomic E-state index is 12.2. The SMILES string of the molecule is COc1cc(OC)cc(C(=O)Nc2n[nH]c(C)c2N)c1. The Bertz CT molecular complexity index is 614. The van der Waals surface area contributed by atoms with Crippen molar-refractivity contribution in [1.82, 2.24) is 10.2 Å². The number of nitrogens with two attached hydrogens (primary N) is 1. The van der Waals surface area contributed by atoms with Crippen LogP contribution in [0.5, 0.6) is 11.5 Å². The molecule has 0 aliphatic heterocycles. The van der Waals surface area contributed by atoms with Crippen molar-refractivity contribution in [2.45, 2.75) is 6.92 Å². The Balaban J connectivity index is 2.27. The number of anilines is 2. The summed E-state index contributed by atoms with van der Waals surface area (Å²) in [5, 5.41) is 9.25. The molecule has 7 heteroatoms. The number of nitrogens with one attached hydrogen (secondary N) is 2. The molecule has 20 heavy (non-hydrogen) atoms. The number of benzene rings is 1. The molecule has 1 aromatic heterocycles. The van der Waals surface area contributed by atoms with Crippen molar-refractivity contribution in [2.24, 2.45) is 0 Å². The summed E-state index contributed by atoms with van der Waals surface area (Å²) < 4.78 is 10.2. The van der Waals surface area contributed by atoms with Crippen molar-refractivity contribution >= 4 is 17.4 Å². The second kappa shape index (κ2) is 5.52. The number of carbonyl (C=O) groups is 1. The molecular weight excluding hydrogens is 260 g/mol. The fourth-order valence-electron chi connectivity index (χ4n) is 1.65. The summed E-state index contributed by atoms with van der Waals surface area (Å²) in [5.74, 6) is 1.01. The molecule has 106 valence electrons. The molecule has 0 radical (unpaired) electrons. The molecule has 2 aromatic rings. The number of rotatable bonds is 4. The van der Waals surface area contributed by atoms with Crippen LogP contribution >= 0.6 is 0 Å². The fourth-order valence-corrected chi connectivity index (χ4v) is 1.65. The van der Waals surface area contributed by atoms with Gasteiger partial charge in [-0.3, -0.25) is 9.89 Å². The van der Waals surface area contributed by atoms with Gasteiger partial charge in [0, 0.05) is 11.6 Å². The summed E-state index contributed by atoms with van der Waals surface area (Å²) in [5.41, 5.74) is 7.28. The van der Waals surface area contributed by atoms with Gasteiger partial charge in [-0.25, -0.2) is 0 Å². The van der Waals surface area contributed by atoms with Crippen LogP contribution in [0.2, 0.25) is 0 Å². The first-order valence-corrected chi connectivity index (χ1v) is 5.90. The fraction of sp³-hybridized carbons (Fsp3) is 0.231. The second-order valence-electron chi connectivity index (χ2n) is 4.17. The third kappa shape index (κ3) is 2.66. The van der Waals surface area contributed by atoms with Gasteiger partial charge < -0.3 is 20.5 Å². The first kappa shape index (κ1) is 13.7. The van der Waals surface area contributed by atoms with Gasteiger partial charge in [0.05, 0.1) is 25.6 Å². The summed E-state index contributed by atoms with van der Waals surface area (Å²) >= 11 is 0. The van der Waals surface area contributed by atoms with Crippen LogP contribution in [0.25, 0.3) is 0 Å². The van der Waals surface area contributed by atoms with Gasteiger partial charge in [0.25, 0.3) is 5.91 Å². The second-order valence-corrected chi connectivity index (χ2v) is 4.17. The maximum Gasteiger partial charge on any atom is 0.257 e. The minimum absolute atomic E-state index is 0.300. The quantitative estimate of drug-likeness (QED) is 0.786. The monoisotopic (exact) mass is 276 g/mol. The lowest BCUT2D eigenvalue weighted by Gasteiger charge is -2.08. The first-order valence-electron chi connectivity index (χ1n) is 5.90. The molecule has 0 fully saturated rings. The van der Waals surface area contributed by atoms with Gasteiger partial charge in [0.15, 0.2) is 5.82 Å². The van der Waals surface area contributed by atoms with Crippen LogP contribution in [0, 0.1) is 6.92 Å². The van der Waals surface area contributed by atoms with Gasteiger partial charge in [0.1, 0.15) is 11.5 Å². The molecule has 2 rings (SSSR count). The number of methoxy groups -OCH3 is 2. The highest BCUT2D eigenvalue weighted by atomic mass is 16.5. The average molecular weight is 276 g/mol. The summed E-state index contributed by atoms with van der Waals surface area (Å²) in [6, 6.07) is 4.89. The van der Waals surface area contributed by atoms with Gasteiger partial charge in [-0.05, 0) is 19.1 Å². The van der Waals surface area contributed by atoms with E-state index in [9.17, 15) is 4.79 Å². The van der Waals surface area contributed by atoms with Gasteiger partial charge in [-0.1, -0.05) is 0 Å². The van der Waals surface area contributed by atoms with E-state index in [1.165, 1.54) is 14.2 Å². The number of hydrogen-bond acceptors (Lipinski definition) is 5. The molecule has 1 aromatic carbocycles. The highest BCUT2D eigenvalue weighted by Crippen LogP contribution is 2.24. The first-order chi connectivity index (χ1) is 9.55. The normalized spacial score (nSPS) is 10.2. The molecule has 0 saturated heterocycles. The van der Waals surface area contributed by atoms with Gasteiger partial charge in [0.2, 0.25) is 0 Å². The van der Waals surface area contributed by atoms with E-state index in [0.717, 1.165) is 0 Å². The highest BCUT2D eigenvalue weighted by molar-refractivity contribution is 6.05. The lowest BCUT2D eigenvalue weighted by Crippen LogP contribution is -2.13. The van der Waals surface area contributed by atoms with E-state index < -0.39 is 0 Å². The number of ether oxygens (including phenoxy) is 2. The van der Waals surface area contributed by atoms with Crippen LogP contribution in [0.15, 0.2) is 18.2 Å². The minimum Gasteiger partial charge on any atom is -0.497 e. The van der Waals surface area contributed by atoms with Crippen molar-refractivity contribution in [3.05, 3.63) is 29.5 Å². The molecule has 0 atom stereocenters. The Kier molecular flexibility index (Phi) is 3.79. The average Bonchev–Trinajstić information content (AvgIpc) is 2.78. The minimum atomic E-state index is -0.347. The van der Waals surface area contributed by atoms with Crippen LogP contribution < -0.4 is 20.5 Å². The van der Waals surface area contributed by atoms with E-state index in [1.54, 1.807) is 25.1 Å². The van der Waals surface area contributed by atoms with Crippen LogP contribution in [0.4, 0.5) is 11.5 Å². The Hall–Kier alpha value is -2.70. The molecule has 1 heterocycles. The molecule has 0 unspecified atom stereocenters.